The number of sulfonamides is 1. The van der Waals surface area contributed by atoms with Gasteiger partial charge in [-0.15, -0.1) is 11.3 Å². The molecule has 0 spiro atoms. The van der Waals surface area contributed by atoms with E-state index in [0.29, 0.717) is 6.54 Å². The van der Waals surface area contributed by atoms with Gasteiger partial charge in [-0.3, -0.25) is 4.79 Å². The van der Waals surface area contributed by atoms with Gasteiger partial charge in [0.2, 0.25) is 0 Å². The lowest BCUT2D eigenvalue weighted by atomic mass is 10.0. The number of ether oxygens (including phenoxy) is 1. The first kappa shape index (κ1) is 18.6. The molecule has 1 rings (SSSR count). The topological polar surface area (TPSA) is 63.7 Å². The molecule has 5 nitrogen and oxygen atoms in total. The summed E-state index contributed by atoms with van der Waals surface area (Å²) >= 11 is 4.40. The van der Waals surface area contributed by atoms with Crippen LogP contribution in [0.4, 0.5) is 0 Å². The molecule has 0 radical (unpaired) electrons. The molecular formula is C13H20BrNO4S2. The van der Waals surface area contributed by atoms with Gasteiger partial charge in [-0.1, -0.05) is 26.7 Å². The van der Waals surface area contributed by atoms with Gasteiger partial charge in [-0.05, 0) is 34.0 Å². The van der Waals surface area contributed by atoms with E-state index < -0.39 is 16.0 Å². The lowest BCUT2D eigenvalue weighted by Crippen LogP contribution is -2.39. The van der Waals surface area contributed by atoms with Crippen LogP contribution < -0.4 is 0 Å². The summed E-state index contributed by atoms with van der Waals surface area (Å²) in [6.45, 7) is 4.09. The summed E-state index contributed by atoms with van der Waals surface area (Å²) in [7, 11) is -2.42. The van der Waals surface area contributed by atoms with Crippen LogP contribution in [0, 0.1) is 5.92 Å². The number of carbonyl (C=O) groups is 1. The van der Waals surface area contributed by atoms with E-state index in [0.717, 1.165) is 28.0 Å². The Kier molecular flexibility index (Phi) is 7.32. The van der Waals surface area contributed by atoms with Crippen molar-refractivity contribution in [3.8, 4) is 0 Å². The van der Waals surface area contributed by atoms with E-state index in [4.69, 9.17) is 0 Å². The average molecular weight is 398 g/mol. The van der Waals surface area contributed by atoms with Gasteiger partial charge in [0.15, 0.2) is 0 Å². The van der Waals surface area contributed by atoms with Gasteiger partial charge in [0.05, 0.1) is 10.9 Å². The van der Waals surface area contributed by atoms with Crippen LogP contribution in [-0.4, -0.2) is 38.9 Å². The molecule has 0 atom stereocenters. The minimum atomic E-state index is -3.68. The molecule has 0 unspecified atom stereocenters. The molecule has 0 fully saturated rings. The summed E-state index contributed by atoms with van der Waals surface area (Å²) in [4.78, 5) is 11.5. The van der Waals surface area contributed by atoms with E-state index in [2.05, 4.69) is 20.7 Å². The van der Waals surface area contributed by atoms with Crippen LogP contribution in [0.3, 0.4) is 0 Å². The summed E-state index contributed by atoms with van der Waals surface area (Å²) in [6, 6.07) is 3.23. The second-order valence-electron chi connectivity index (χ2n) is 4.61. The normalized spacial score (nSPS) is 12.1. The maximum absolute atomic E-state index is 12.7. The number of rotatable bonds is 8. The molecule has 21 heavy (non-hydrogen) atoms. The SMILES string of the molecule is CCC(CC)CN(CC(=O)OC)S(=O)(=O)c1ccc(Br)s1. The first-order valence-corrected chi connectivity index (χ1v) is 9.72. The molecule has 1 aromatic heterocycles. The molecular weight excluding hydrogens is 378 g/mol. The number of hydrogen-bond acceptors (Lipinski definition) is 5. The van der Waals surface area contributed by atoms with Crippen molar-refractivity contribution in [2.75, 3.05) is 20.2 Å². The van der Waals surface area contributed by atoms with Crippen molar-refractivity contribution in [2.24, 2.45) is 5.92 Å². The van der Waals surface area contributed by atoms with Crippen LogP contribution in [0.15, 0.2) is 20.1 Å². The quantitative estimate of drug-likeness (QED) is 0.632. The Hall–Kier alpha value is -0.440. The molecule has 0 aliphatic heterocycles. The summed E-state index contributed by atoms with van der Waals surface area (Å²) in [5.74, 6) is -0.340. The van der Waals surface area contributed by atoms with E-state index in [1.54, 1.807) is 12.1 Å². The van der Waals surface area contributed by atoms with Crippen LogP contribution in [-0.2, 0) is 19.6 Å². The first-order chi connectivity index (χ1) is 9.84. The molecule has 1 heterocycles. The van der Waals surface area contributed by atoms with E-state index in [1.807, 2.05) is 13.8 Å². The van der Waals surface area contributed by atoms with Crippen molar-refractivity contribution in [3.05, 3.63) is 15.9 Å². The van der Waals surface area contributed by atoms with Gasteiger partial charge < -0.3 is 4.74 Å². The second-order valence-corrected chi connectivity index (χ2v) is 9.24. The molecule has 8 heteroatoms. The standard InChI is InChI=1S/C13H20BrNO4S2/c1-4-10(5-2)8-15(9-12(16)19-3)21(17,18)13-7-6-11(14)20-13/h6-7,10H,4-5,8-9H2,1-3H3. The van der Waals surface area contributed by atoms with Crippen molar-refractivity contribution in [3.63, 3.8) is 0 Å². The molecule has 0 aliphatic rings. The lowest BCUT2D eigenvalue weighted by molar-refractivity contribution is -0.140. The molecule has 0 aromatic carbocycles. The fourth-order valence-corrected chi connectivity index (χ4v) is 5.48. The molecule has 0 amide bonds. The van der Waals surface area contributed by atoms with Crippen LogP contribution in [0.5, 0.6) is 0 Å². The number of hydrogen-bond donors (Lipinski definition) is 0. The maximum Gasteiger partial charge on any atom is 0.321 e. The van der Waals surface area contributed by atoms with E-state index in [9.17, 15) is 13.2 Å². The average Bonchev–Trinajstić information content (AvgIpc) is 2.90. The smallest absolute Gasteiger partial charge is 0.321 e. The third-order valence-electron chi connectivity index (χ3n) is 3.29. The third-order valence-corrected chi connectivity index (χ3v) is 7.20. The van der Waals surface area contributed by atoms with Crippen molar-refractivity contribution in [2.45, 2.75) is 30.9 Å². The second kappa shape index (κ2) is 8.26. The molecule has 0 aliphatic carbocycles. The Morgan fingerprint density at radius 2 is 2.00 bits per heavy atom. The highest BCUT2D eigenvalue weighted by Gasteiger charge is 2.29. The fraction of sp³-hybridized carbons (Fsp3) is 0.615. The predicted molar refractivity (Wildman–Crippen MR) is 86.9 cm³/mol. The minimum absolute atomic E-state index is 0.216. The molecule has 0 saturated carbocycles. The number of esters is 1. The van der Waals surface area contributed by atoms with Crippen LogP contribution in [0.2, 0.25) is 0 Å². The van der Waals surface area contributed by atoms with E-state index >= 15 is 0 Å². The minimum Gasteiger partial charge on any atom is -0.468 e. The number of halogens is 1. The Balaban J connectivity index is 3.06. The molecule has 0 N–H and O–H groups in total. The maximum atomic E-state index is 12.7. The summed E-state index contributed by atoms with van der Waals surface area (Å²) in [5.41, 5.74) is 0. The van der Waals surface area contributed by atoms with Crippen molar-refractivity contribution >= 4 is 43.3 Å². The number of carbonyl (C=O) groups excluding carboxylic acids is 1. The first-order valence-electron chi connectivity index (χ1n) is 6.67. The summed E-state index contributed by atoms with van der Waals surface area (Å²) in [6.07, 6.45) is 1.72. The third kappa shape index (κ3) is 5.05. The highest BCUT2D eigenvalue weighted by Crippen LogP contribution is 2.29. The van der Waals surface area contributed by atoms with Gasteiger partial charge in [-0.25, -0.2) is 8.42 Å². The number of nitrogens with zero attached hydrogens (tertiary/aromatic N) is 1. The monoisotopic (exact) mass is 397 g/mol. The molecule has 0 saturated heterocycles. The van der Waals surface area contributed by atoms with Crippen LogP contribution in [0.25, 0.3) is 0 Å². The van der Waals surface area contributed by atoms with E-state index in [-0.39, 0.29) is 16.7 Å². The Morgan fingerprint density at radius 1 is 1.38 bits per heavy atom. The molecule has 120 valence electrons. The Bertz CT molecular complexity index is 566. The summed E-state index contributed by atoms with van der Waals surface area (Å²) in [5, 5.41) is 0. The highest BCUT2D eigenvalue weighted by atomic mass is 79.9. The van der Waals surface area contributed by atoms with Crippen LogP contribution >= 0.6 is 27.3 Å². The van der Waals surface area contributed by atoms with Crippen molar-refractivity contribution in [1.29, 1.82) is 0 Å². The number of thiophene rings is 1. The Labute approximate surface area is 138 Å². The van der Waals surface area contributed by atoms with Gasteiger partial charge in [0.25, 0.3) is 10.0 Å². The summed E-state index contributed by atoms with van der Waals surface area (Å²) < 4.78 is 32.1. The fourth-order valence-electron chi connectivity index (χ4n) is 1.85. The van der Waals surface area contributed by atoms with Gasteiger partial charge in [0.1, 0.15) is 10.8 Å². The molecule has 1 aromatic rings. The van der Waals surface area contributed by atoms with Crippen molar-refractivity contribution < 1.29 is 17.9 Å². The highest BCUT2D eigenvalue weighted by molar-refractivity contribution is 9.11. The predicted octanol–water partition coefficient (Wildman–Crippen LogP) is 3.11. The Morgan fingerprint density at radius 3 is 2.43 bits per heavy atom. The van der Waals surface area contributed by atoms with Gasteiger partial charge in [-0.2, -0.15) is 4.31 Å². The zero-order valence-corrected chi connectivity index (χ0v) is 15.6. The van der Waals surface area contributed by atoms with Gasteiger partial charge >= 0.3 is 5.97 Å². The van der Waals surface area contributed by atoms with E-state index in [1.165, 1.54) is 11.4 Å². The van der Waals surface area contributed by atoms with Crippen molar-refractivity contribution in [1.82, 2.24) is 4.31 Å². The zero-order valence-electron chi connectivity index (χ0n) is 12.3. The largest absolute Gasteiger partial charge is 0.468 e. The zero-order chi connectivity index (χ0) is 16.0. The lowest BCUT2D eigenvalue weighted by Gasteiger charge is -2.24. The molecule has 0 bridgehead atoms. The number of methoxy groups -OCH3 is 1. The van der Waals surface area contributed by atoms with Gasteiger partial charge in [0, 0.05) is 6.54 Å². The van der Waals surface area contributed by atoms with Crippen LogP contribution in [0.1, 0.15) is 26.7 Å².